The lowest BCUT2D eigenvalue weighted by molar-refractivity contribution is 0.425. The fourth-order valence-corrected chi connectivity index (χ4v) is 4.08. The van der Waals surface area contributed by atoms with Crippen LogP contribution in [0.15, 0.2) is 45.7 Å². The molecule has 4 heterocycles. The topological polar surface area (TPSA) is 82.5 Å². The van der Waals surface area contributed by atoms with Gasteiger partial charge in [-0.25, -0.2) is 0 Å². The first-order valence-corrected chi connectivity index (χ1v) is 10.0. The summed E-state index contributed by atoms with van der Waals surface area (Å²) in [5, 5.41) is 15.3. The second-order valence-electron chi connectivity index (χ2n) is 5.23. The molecule has 0 amide bonds. The van der Waals surface area contributed by atoms with Crippen LogP contribution in [-0.4, -0.2) is 29.9 Å². The zero-order valence-electron chi connectivity index (χ0n) is 13.7. The smallest absolute Gasteiger partial charge is 0.258 e. The predicted molar refractivity (Wildman–Crippen MR) is 101 cm³/mol. The third-order valence-electron chi connectivity index (χ3n) is 3.58. The van der Waals surface area contributed by atoms with Crippen molar-refractivity contribution in [2.24, 2.45) is 0 Å². The molecule has 0 aliphatic carbocycles. The molecule has 0 spiro atoms. The number of hydrogen-bond donors (Lipinski definition) is 0. The highest BCUT2D eigenvalue weighted by atomic mass is 35.5. The molecular formula is C16H13ClN6OS2. The molecule has 0 atom stereocenters. The Morgan fingerprint density at radius 3 is 2.81 bits per heavy atom. The van der Waals surface area contributed by atoms with Gasteiger partial charge in [-0.05, 0) is 25.1 Å². The first-order chi connectivity index (χ1) is 12.7. The molecule has 4 aromatic heterocycles. The lowest BCUT2D eigenvalue weighted by Crippen LogP contribution is -2.00. The zero-order valence-corrected chi connectivity index (χ0v) is 16.1. The summed E-state index contributed by atoms with van der Waals surface area (Å²) in [7, 11) is 0. The lowest BCUT2D eigenvalue weighted by Gasteiger charge is -2.06. The average molecular weight is 405 g/mol. The van der Waals surface area contributed by atoms with Crippen LogP contribution < -0.4 is 0 Å². The van der Waals surface area contributed by atoms with Gasteiger partial charge in [-0.15, -0.1) is 21.5 Å². The molecule has 4 aromatic rings. The average Bonchev–Trinajstić information content (AvgIpc) is 3.39. The summed E-state index contributed by atoms with van der Waals surface area (Å²) in [6, 6.07) is 5.65. The quantitative estimate of drug-likeness (QED) is 0.440. The van der Waals surface area contributed by atoms with Gasteiger partial charge in [-0.2, -0.15) is 4.98 Å². The zero-order chi connectivity index (χ0) is 17.9. The van der Waals surface area contributed by atoms with E-state index in [0.717, 1.165) is 28.7 Å². The molecule has 7 nitrogen and oxygen atoms in total. The van der Waals surface area contributed by atoms with E-state index in [1.54, 1.807) is 12.4 Å². The molecule has 0 saturated carbocycles. The molecule has 0 aliphatic heterocycles. The Hall–Kier alpha value is -2.23. The molecule has 0 aromatic carbocycles. The van der Waals surface area contributed by atoms with Crippen LogP contribution in [0.5, 0.6) is 0 Å². The molecule has 0 fully saturated rings. The first-order valence-electron chi connectivity index (χ1n) is 7.78. The van der Waals surface area contributed by atoms with E-state index in [4.69, 9.17) is 16.1 Å². The highest BCUT2D eigenvalue weighted by molar-refractivity contribution is 7.98. The van der Waals surface area contributed by atoms with Crippen molar-refractivity contribution in [3.05, 3.63) is 46.1 Å². The SMILES string of the molecule is CCn1c(SCc2noc(-c3csc(Cl)c3)n2)nnc1-c1ccncc1. The van der Waals surface area contributed by atoms with Gasteiger partial charge in [0.15, 0.2) is 16.8 Å². The summed E-state index contributed by atoms with van der Waals surface area (Å²) in [6.45, 7) is 2.82. The molecule has 0 aliphatic rings. The minimum absolute atomic E-state index is 0.471. The van der Waals surface area contributed by atoms with Gasteiger partial charge in [0.1, 0.15) is 0 Å². The molecule has 0 saturated heterocycles. The maximum absolute atomic E-state index is 5.95. The maximum Gasteiger partial charge on any atom is 0.258 e. The van der Waals surface area contributed by atoms with Crippen molar-refractivity contribution in [2.45, 2.75) is 24.4 Å². The van der Waals surface area contributed by atoms with Gasteiger partial charge in [0.25, 0.3) is 5.89 Å². The van der Waals surface area contributed by atoms with Crippen LogP contribution in [0.25, 0.3) is 22.8 Å². The maximum atomic E-state index is 5.95. The monoisotopic (exact) mass is 404 g/mol. The van der Waals surface area contributed by atoms with E-state index in [-0.39, 0.29) is 0 Å². The van der Waals surface area contributed by atoms with Crippen LogP contribution in [0.4, 0.5) is 0 Å². The lowest BCUT2D eigenvalue weighted by atomic mass is 10.2. The number of aromatic nitrogens is 6. The minimum atomic E-state index is 0.471. The normalized spacial score (nSPS) is 11.2. The second kappa shape index (κ2) is 7.56. The Morgan fingerprint density at radius 2 is 2.08 bits per heavy atom. The number of hydrogen-bond acceptors (Lipinski definition) is 8. The molecular weight excluding hydrogens is 392 g/mol. The molecule has 0 radical (unpaired) electrons. The van der Waals surface area contributed by atoms with Crippen LogP contribution in [-0.2, 0) is 12.3 Å². The standard InChI is InChI=1S/C16H13ClN6OS2/c1-2-23-14(10-3-5-18-6-4-10)20-21-16(23)26-9-13-19-15(24-22-13)11-7-12(17)25-8-11/h3-8H,2,9H2,1H3. The highest BCUT2D eigenvalue weighted by Crippen LogP contribution is 2.29. The van der Waals surface area contributed by atoms with Crippen molar-refractivity contribution >= 4 is 34.7 Å². The van der Waals surface area contributed by atoms with Gasteiger partial charge in [0.2, 0.25) is 0 Å². The van der Waals surface area contributed by atoms with E-state index >= 15 is 0 Å². The number of thioether (sulfide) groups is 1. The fraction of sp³-hybridized carbons (Fsp3) is 0.188. The molecule has 0 N–H and O–H groups in total. The Balaban J connectivity index is 1.50. The summed E-state index contributed by atoms with van der Waals surface area (Å²) in [4.78, 5) is 8.45. The van der Waals surface area contributed by atoms with E-state index in [2.05, 4.69) is 36.8 Å². The number of thiophene rings is 1. The van der Waals surface area contributed by atoms with E-state index in [0.29, 0.717) is 21.8 Å². The first kappa shape index (κ1) is 17.2. The molecule has 0 unspecified atom stereocenters. The van der Waals surface area contributed by atoms with Crippen molar-refractivity contribution in [3.63, 3.8) is 0 Å². The molecule has 26 heavy (non-hydrogen) atoms. The third-order valence-corrected chi connectivity index (χ3v) is 5.64. The van der Waals surface area contributed by atoms with Crippen molar-refractivity contribution in [1.29, 1.82) is 0 Å². The number of pyridine rings is 1. The summed E-state index contributed by atoms with van der Waals surface area (Å²) in [5.41, 5.74) is 1.82. The summed E-state index contributed by atoms with van der Waals surface area (Å²) in [6.07, 6.45) is 3.49. The van der Waals surface area contributed by atoms with E-state index in [1.807, 2.05) is 23.6 Å². The number of nitrogens with zero attached hydrogens (tertiary/aromatic N) is 6. The van der Waals surface area contributed by atoms with Gasteiger partial charge in [-0.3, -0.25) is 4.98 Å². The van der Waals surface area contributed by atoms with Crippen LogP contribution >= 0.6 is 34.7 Å². The van der Waals surface area contributed by atoms with Gasteiger partial charge in [0.05, 0.1) is 15.7 Å². The highest BCUT2D eigenvalue weighted by Gasteiger charge is 2.15. The van der Waals surface area contributed by atoms with Crippen molar-refractivity contribution < 1.29 is 4.52 Å². The summed E-state index contributed by atoms with van der Waals surface area (Å²) < 4.78 is 8.05. The van der Waals surface area contributed by atoms with Crippen LogP contribution in [0.1, 0.15) is 12.7 Å². The van der Waals surface area contributed by atoms with Gasteiger partial charge in [-0.1, -0.05) is 28.5 Å². The molecule has 0 bridgehead atoms. The van der Waals surface area contributed by atoms with Crippen molar-refractivity contribution in [2.75, 3.05) is 0 Å². The van der Waals surface area contributed by atoms with Gasteiger partial charge < -0.3 is 9.09 Å². The fourth-order valence-electron chi connectivity index (χ4n) is 2.38. The Kier molecular flexibility index (Phi) is 5.00. The third kappa shape index (κ3) is 3.50. The largest absolute Gasteiger partial charge is 0.334 e. The number of rotatable bonds is 6. The summed E-state index contributed by atoms with van der Waals surface area (Å²) >= 11 is 8.90. The van der Waals surface area contributed by atoms with E-state index < -0.39 is 0 Å². The Bertz CT molecular complexity index is 1010. The summed E-state index contributed by atoms with van der Waals surface area (Å²) in [5.74, 6) is 2.43. The van der Waals surface area contributed by atoms with Crippen molar-refractivity contribution in [3.8, 4) is 22.8 Å². The Labute approximate surface area is 162 Å². The van der Waals surface area contributed by atoms with Crippen LogP contribution in [0.3, 0.4) is 0 Å². The van der Waals surface area contributed by atoms with E-state index in [1.165, 1.54) is 23.1 Å². The van der Waals surface area contributed by atoms with Gasteiger partial charge >= 0.3 is 0 Å². The van der Waals surface area contributed by atoms with Crippen LogP contribution in [0, 0.1) is 0 Å². The van der Waals surface area contributed by atoms with Crippen molar-refractivity contribution in [1.82, 2.24) is 29.9 Å². The number of halogens is 1. The molecule has 132 valence electrons. The second-order valence-corrected chi connectivity index (χ2v) is 7.72. The predicted octanol–water partition coefficient (Wildman–Crippen LogP) is 4.42. The Morgan fingerprint density at radius 1 is 1.23 bits per heavy atom. The molecule has 4 rings (SSSR count). The minimum Gasteiger partial charge on any atom is -0.334 e. The molecule has 10 heteroatoms. The van der Waals surface area contributed by atoms with Gasteiger partial charge in [0, 0.05) is 29.9 Å². The van der Waals surface area contributed by atoms with E-state index in [9.17, 15) is 0 Å². The van der Waals surface area contributed by atoms with Crippen LogP contribution in [0.2, 0.25) is 4.34 Å².